The van der Waals surface area contributed by atoms with Crippen LogP contribution in [0, 0.1) is 0 Å². The van der Waals surface area contributed by atoms with Gasteiger partial charge >= 0.3 is 17.9 Å². The number of hydrogen-bond acceptors (Lipinski definition) is 7. The molecule has 0 bridgehead atoms. The Balaban J connectivity index is 4.00. The van der Waals surface area contributed by atoms with Crippen molar-refractivity contribution in [1.29, 1.82) is 0 Å². The van der Waals surface area contributed by atoms with Crippen LogP contribution in [0.4, 0.5) is 0 Å². The molecule has 528 valence electrons. The van der Waals surface area contributed by atoms with Crippen LogP contribution in [0.1, 0.15) is 361 Å². The molecule has 0 fully saturated rings. The highest BCUT2D eigenvalue weighted by Crippen LogP contribution is 2.19. The van der Waals surface area contributed by atoms with Crippen LogP contribution < -0.4 is 0 Å². The number of carbonyl (C=O) groups is 3. The number of ether oxygens (including phenoxy) is 4. The molecule has 0 aliphatic rings. The first-order chi connectivity index (χ1) is 44.6. The fourth-order valence-corrected chi connectivity index (χ4v) is 11.3. The average Bonchev–Trinajstić information content (AvgIpc) is 3.46. The lowest BCUT2D eigenvalue weighted by atomic mass is 10.0. The van der Waals surface area contributed by atoms with Gasteiger partial charge in [0.05, 0.1) is 34.4 Å². The van der Waals surface area contributed by atoms with Crippen LogP contribution in [0.15, 0.2) is 85.1 Å². The zero-order valence-corrected chi connectivity index (χ0v) is 60.5. The summed E-state index contributed by atoms with van der Waals surface area (Å²) in [6.07, 6.45) is 95.9. The second-order valence-corrected chi connectivity index (χ2v) is 27.3. The molecule has 0 aromatic carbocycles. The van der Waals surface area contributed by atoms with E-state index in [1.807, 2.05) is 21.1 Å². The number of carbonyl (C=O) groups excluding carboxylic acids is 2. The molecule has 0 saturated heterocycles. The Morgan fingerprint density at radius 2 is 0.626 bits per heavy atom. The third-order valence-corrected chi connectivity index (χ3v) is 17.1. The number of hydrogen-bond donors (Lipinski definition) is 1. The van der Waals surface area contributed by atoms with Gasteiger partial charge in [0.15, 0.2) is 6.10 Å². The van der Waals surface area contributed by atoms with Crippen molar-refractivity contribution in [3.8, 4) is 0 Å². The van der Waals surface area contributed by atoms with Gasteiger partial charge in [0.1, 0.15) is 13.2 Å². The third kappa shape index (κ3) is 73.7. The third-order valence-electron chi connectivity index (χ3n) is 17.1. The first-order valence-electron chi connectivity index (χ1n) is 38.8. The molecule has 0 saturated carbocycles. The summed E-state index contributed by atoms with van der Waals surface area (Å²) in [4.78, 5) is 37.7. The predicted octanol–water partition coefficient (Wildman–Crippen LogP) is 24.6. The maximum Gasteiger partial charge on any atom is 0.361 e. The van der Waals surface area contributed by atoms with Crippen molar-refractivity contribution in [3.05, 3.63) is 85.1 Å². The molecule has 9 nitrogen and oxygen atoms in total. The van der Waals surface area contributed by atoms with Gasteiger partial charge in [-0.2, -0.15) is 0 Å². The average molecular weight is 1280 g/mol. The Kier molecular flexibility index (Phi) is 69.5. The number of quaternary nitrogens is 1. The summed E-state index contributed by atoms with van der Waals surface area (Å²) in [5.41, 5.74) is 0. The van der Waals surface area contributed by atoms with E-state index in [0.29, 0.717) is 23.9 Å². The van der Waals surface area contributed by atoms with E-state index in [-0.39, 0.29) is 32.2 Å². The minimum absolute atomic E-state index is 0.184. The standard InChI is InChI=1S/C82H147NO8/c1-6-8-10-12-14-16-18-20-22-24-26-28-30-32-34-35-36-37-38-39-40-41-42-43-44-45-47-48-50-52-54-56-58-60-62-64-66-68-70-72-79(84)89-76-78(77-90-82(81(86)87)88-75-74-83(3,4)5)91-80(85)73-71-69-67-65-63-61-59-57-55-53-51-49-46-33-31-29-27-25-23-21-19-17-15-13-11-9-7-2/h9,11,15,17,21,23-24,26-27,29,33,46,51,53,78,82H,6-8,10,12-14,16,18-20,22,25,28,30-32,34-45,47-50,52,54-77H2,1-5H3/p+1/b11-9-,17-15-,23-21-,26-24-,29-27-,46-33-,53-51-. The Labute approximate surface area is 563 Å². The highest BCUT2D eigenvalue weighted by Gasteiger charge is 2.25. The SMILES string of the molecule is CC/C=C\C/C=C\C/C=C\C/C=C\C/C=C\C/C=C\CCCCCCCCCCC(=O)OC(COC(=O)CCCCCCCCCCCCCCCCCCCCCCCCCCCCC/C=C\CCCCCCCCCC)COC(OCC[N+](C)(C)C)C(=O)O. The van der Waals surface area contributed by atoms with Gasteiger partial charge in [-0.15, -0.1) is 0 Å². The van der Waals surface area contributed by atoms with Gasteiger partial charge in [0.25, 0.3) is 6.29 Å². The molecule has 0 aromatic rings. The van der Waals surface area contributed by atoms with Crippen molar-refractivity contribution in [2.75, 3.05) is 47.5 Å². The van der Waals surface area contributed by atoms with Gasteiger partial charge in [0, 0.05) is 12.8 Å². The van der Waals surface area contributed by atoms with Crippen LogP contribution in [0.2, 0.25) is 0 Å². The quantitative estimate of drug-likeness (QED) is 0.0211. The highest BCUT2D eigenvalue weighted by molar-refractivity contribution is 5.71. The van der Waals surface area contributed by atoms with Crippen LogP contribution in [0.3, 0.4) is 0 Å². The molecule has 0 amide bonds. The van der Waals surface area contributed by atoms with Crippen LogP contribution in [0.25, 0.3) is 0 Å². The minimum atomic E-state index is -1.52. The van der Waals surface area contributed by atoms with Crippen molar-refractivity contribution in [2.45, 2.75) is 373 Å². The van der Waals surface area contributed by atoms with E-state index in [2.05, 4.69) is 98.9 Å². The molecule has 0 radical (unpaired) electrons. The fourth-order valence-electron chi connectivity index (χ4n) is 11.3. The lowest BCUT2D eigenvalue weighted by Crippen LogP contribution is -2.40. The summed E-state index contributed by atoms with van der Waals surface area (Å²) < 4.78 is 23.0. The molecule has 2 unspecified atom stereocenters. The van der Waals surface area contributed by atoms with Crippen molar-refractivity contribution >= 4 is 17.9 Å². The van der Waals surface area contributed by atoms with Gasteiger partial charge in [-0.3, -0.25) is 9.59 Å². The van der Waals surface area contributed by atoms with E-state index in [1.54, 1.807) is 0 Å². The van der Waals surface area contributed by atoms with Crippen molar-refractivity contribution < 1.29 is 42.9 Å². The molecule has 1 N–H and O–H groups in total. The molecule has 0 aromatic heterocycles. The van der Waals surface area contributed by atoms with E-state index in [1.165, 1.54) is 244 Å². The summed E-state index contributed by atoms with van der Waals surface area (Å²) in [7, 11) is 5.98. The molecular weight excluding hydrogens is 1130 g/mol. The Bertz CT molecular complexity index is 1770. The van der Waals surface area contributed by atoms with Gasteiger partial charge in [-0.1, -0.05) is 343 Å². The smallest absolute Gasteiger partial charge is 0.361 e. The van der Waals surface area contributed by atoms with Gasteiger partial charge < -0.3 is 28.5 Å². The number of nitrogens with zero attached hydrogens (tertiary/aromatic N) is 1. The summed E-state index contributed by atoms with van der Waals surface area (Å²) in [5, 5.41) is 9.76. The number of unbranched alkanes of at least 4 members (excludes halogenated alkanes) is 43. The number of carboxylic acid groups (broad SMARTS) is 1. The number of rotatable bonds is 72. The molecule has 2 atom stereocenters. The number of esters is 2. The molecule has 0 rings (SSSR count). The van der Waals surface area contributed by atoms with Crippen LogP contribution in [0.5, 0.6) is 0 Å². The van der Waals surface area contributed by atoms with E-state index >= 15 is 0 Å². The van der Waals surface area contributed by atoms with E-state index < -0.39 is 24.3 Å². The normalized spacial score (nSPS) is 13.1. The molecule has 0 spiro atoms. The first-order valence-corrected chi connectivity index (χ1v) is 38.8. The second-order valence-electron chi connectivity index (χ2n) is 27.3. The topological polar surface area (TPSA) is 108 Å². The number of likely N-dealkylation sites (N-methyl/N-ethyl adjacent to an activating group) is 1. The lowest BCUT2D eigenvalue weighted by molar-refractivity contribution is -0.870. The van der Waals surface area contributed by atoms with Crippen molar-refractivity contribution in [3.63, 3.8) is 0 Å². The molecule has 0 aliphatic carbocycles. The Morgan fingerprint density at radius 3 is 0.945 bits per heavy atom. The summed E-state index contributed by atoms with van der Waals surface area (Å²) in [6.45, 7) is 4.79. The van der Waals surface area contributed by atoms with Crippen LogP contribution >= 0.6 is 0 Å². The second kappa shape index (κ2) is 72.3. The van der Waals surface area contributed by atoms with Crippen LogP contribution in [-0.4, -0.2) is 87.4 Å². The van der Waals surface area contributed by atoms with Crippen LogP contribution in [-0.2, 0) is 33.3 Å². The first kappa shape index (κ1) is 87.5. The van der Waals surface area contributed by atoms with Crippen molar-refractivity contribution in [2.24, 2.45) is 0 Å². The fraction of sp³-hybridized carbons (Fsp3) is 0.793. The predicted molar refractivity (Wildman–Crippen MR) is 392 cm³/mol. The van der Waals surface area contributed by atoms with E-state index in [9.17, 15) is 19.5 Å². The molecule has 91 heavy (non-hydrogen) atoms. The van der Waals surface area contributed by atoms with E-state index in [0.717, 1.165) is 83.5 Å². The maximum absolute atomic E-state index is 13.0. The molecule has 9 heteroatoms. The largest absolute Gasteiger partial charge is 0.477 e. The maximum atomic E-state index is 13.0. The number of carboxylic acids is 1. The summed E-state index contributed by atoms with van der Waals surface area (Å²) in [6, 6.07) is 0. The number of allylic oxidation sites excluding steroid dienone is 14. The van der Waals surface area contributed by atoms with Gasteiger partial charge in [0.2, 0.25) is 0 Å². The summed E-state index contributed by atoms with van der Waals surface area (Å²) >= 11 is 0. The van der Waals surface area contributed by atoms with E-state index in [4.69, 9.17) is 18.9 Å². The van der Waals surface area contributed by atoms with Crippen molar-refractivity contribution in [1.82, 2.24) is 0 Å². The Morgan fingerprint density at radius 1 is 0.341 bits per heavy atom. The summed E-state index contributed by atoms with van der Waals surface area (Å²) in [5.74, 6) is -2.00. The minimum Gasteiger partial charge on any atom is -0.477 e. The monoisotopic (exact) mass is 1280 g/mol. The molecular formula is C82H148NO8+. The van der Waals surface area contributed by atoms with Gasteiger partial charge in [-0.05, 0) is 89.9 Å². The zero-order valence-electron chi connectivity index (χ0n) is 60.5. The number of aliphatic carboxylic acids is 1. The van der Waals surface area contributed by atoms with Gasteiger partial charge in [-0.25, -0.2) is 4.79 Å². The molecule has 0 heterocycles. The Hall–Kier alpha value is -3.53. The zero-order chi connectivity index (χ0) is 66.1. The molecule has 0 aliphatic heterocycles. The lowest BCUT2D eigenvalue weighted by Gasteiger charge is -2.25. The highest BCUT2D eigenvalue weighted by atomic mass is 16.7.